The third-order valence-electron chi connectivity index (χ3n) is 2.61. The van der Waals surface area contributed by atoms with Crippen molar-refractivity contribution < 1.29 is 4.74 Å². The Morgan fingerprint density at radius 2 is 2.25 bits per heavy atom. The van der Waals surface area contributed by atoms with Crippen molar-refractivity contribution in [1.29, 1.82) is 0 Å². The lowest BCUT2D eigenvalue weighted by Gasteiger charge is -2.32. The smallest absolute Gasteiger partial charge is 0.0623 e. The van der Waals surface area contributed by atoms with Gasteiger partial charge in [-0.1, -0.05) is 13.8 Å². The molecule has 0 spiro atoms. The van der Waals surface area contributed by atoms with Crippen LogP contribution in [0.5, 0.6) is 0 Å². The zero-order valence-corrected chi connectivity index (χ0v) is 8.47. The lowest BCUT2D eigenvalue weighted by atomic mass is 9.88. The minimum absolute atomic E-state index is 0.494. The van der Waals surface area contributed by atoms with Crippen molar-refractivity contribution in [1.82, 2.24) is 5.32 Å². The molecule has 12 heavy (non-hydrogen) atoms. The number of hydrogen-bond acceptors (Lipinski definition) is 2. The second kappa shape index (κ2) is 4.83. The highest BCUT2D eigenvalue weighted by atomic mass is 16.5. The molecule has 2 heteroatoms. The van der Waals surface area contributed by atoms with Crippen LogP contribution in [0.4, 0.5) is 0 Å². The number of rotatable bonds is 3. The highest BCUT2D eigenvalue weighted by Gasteiger charge is 2.24. The summed E-state index contributed by atoms with van der Waals surface area (Å²) in [6.45, 7) is 6.81. The SMILES string of the molecule is COC1CCNCC1CC(C)C. The minimum atomic E-state index is 0.494. The molecule has 0 radical (unpaired) electrons. The molecule has 1 fully saturated rings. The maximum Gasteiger partial charge on any atom is 0.0623 e. The van der Waals surface area contributed by atoms with Crippen LogP contribution in [0, 0.1) is 11.8 Å². The van der Waals surface area contributed by atoms with E-state index in [4.69, 9.17) is 4.74 Å². The van der Waals surface area contributed by atoms with Crippen molar-refractivity contribution in [2.75, 3.05) is 20.2 Å². The standard InChI is InChI=1S/C10H21NO/c1-8(2)6-9-7-11-5-4-10(9)12-3/h8-11H,4-7H2,1-3H3. The summed E-state index contributed by atoms with van der Waals surface area (Å²) in [6, 6.07) is 0. The molecule has 0 aromatic rings. The molecule has 0 aromatic heterocycles. The van der Waals surface area contributed by atoms with E-state index in [-0.39, 0.29) is 0 Å². The Balaban J connectivity index is 2.36. The van der Waals surface area contributed by atoms with Crippen LogP contribution in [0.1, 0.15) is 26.7 Å². The molecule has 1 heterocycles. The molecule has 2 atom stereocenters. The summed E-state index contributed by atoms with van der Waals surface area (Å²) in [4.78, 5) is 0. The molecular formula is C10H21NO. The van der Waals surface area contributed by atoms with Gasteiger partial charge in [0.05, 0.1) is 6.10 Å². The maximum atomic E-state index is 5.46. The maximum absolute atomic E-state index is 5.46. The summed E-state index contributed by atoms with van der Waals surface area (Å²) in [5.41, 5.74) is 0. The van der Waals surface area contributed by atoms with E-state index in [0.29, 0.717) is 6.10 Å². The summed E-state index contributed by atoms with van der Waals surface area (Å²) in [7, 11) is 1.84. The number of nitrogens with one attached hydrogen (secondary N) is 1. The van der Waals surface area contributed by atoms with E-state index in [1.165, 1.54) is 12.8 Å². The molecule has 2 nitrogen and oxygen atoms in total. The van der Waals surface area contributed by atoms with Gasteiger partial charge in [0.2, 0.25) is 0 Å². The van der Waals surface area contributed by atoms with Crippen molar-refractivity contribution in [2.24, 2.45) is 11.8 Å². The first-order valence-corrected chi connectivity index (χ1v) is 4.97. The lowest BCUT2D eigenvalue weighted by molar-refractivity contribution is 0.0231. The van der Waals surface area contributed by atoms with Crippen molar-refractivity contribution >= 4 is 0 Å². The molecule has 1 rings (SSSR count). The van der Waals surface area contributed by atoms with Gasteiger partial charge < -0.3 is 10.1 Å². The second-order valence-corrected chi connectivity index (χ2v) is 4.16. The van der Waals surface area contributed by atoms with Gasteiger partial charge >= 0.3 is 0 Å². The average molecular weight is 171 g/mol. The predicted molar refractivity (Wildman–Crippen MR) is 51.2 cm³/mol. The minimum Gasteiger partial charge on any atom is -0.381 e. The Morgan fingerprint density at radius 3 is 2.83 bits per heavy atom. The highest BCUT2D eigenvalue weighted by molar-refractivity contribution is 4.79. The molecule has 1 aliphatic rings. The van der Waals surface area contributed by atoms with Gasteiger partial charge in [0.15, 0.2) is 0 Å². The number of ether oxygens (including phenoxy) is 1. The van der Waals surface area contributed by atoms with Gasteiger partial charge in [-0.15, -0.1) is 0 Å². The molecule has 0 saturated carbocycles. The van der Waals surface area contributed by atoms with Crippen LogP contribution in [-0.4, -0.2) is 26.3 Å². The molecule has 2 unspecified atom stereocenters. The Bertz CT molecular complexity index is 125. The van der Waals surface area contributed by atoms with Gasteiger partial charge in [-0.3, -0.25) is 0 Å². The molecule has 0 bridgehead atoms. The van der Waals surface area contributed by atoms with Crippen molar-refractivity contribution in [3.05, 3.63) is 0 Å². The van der Waals surface area contributed by atoms with Gasteiger partial charge in [-0.25, -0.2) is 0 Å². The zero-order chi connectivity index (χ0) is 8.97. The van der Waals surface area contributed by atoms with E-state index < -0.39 is 0 Å². The number of piperidine rings is 1. The van der Waals surface area contributed by atoms with Gasteiger partial charge in [0.25, 0.3) is 0 Å². The Labute approximate surface area is 75.7 Å². The van der Waals surface area contributed by atoms with Crippen molar-refractivity contribution in [3.63, 3.8) is 0 Å². The third-order valence-corrected chi connectivity index (χ3v) is 2.61. The van der Waals surface area contributed by atoms with E-state index in [9.17, 15) is 0 Å². The van der Waals surface area contributed by atoms with Crippen molar-refractivity contribution in [2.45, 2.75) is 32.8 Å². The fourth-order valence-electron chi connectivity index (χ4n) is 2.05. The summed E-state index contributed by atoms with van der Waals surface area (Å²) < 4.78 is 5.46. The highest BCUT2D eigenvalue weighted by Crippen LogP contribution is 2.21. The van der Waals surface area contributed by atoms with Gasteiger partial charge in [0.1, 0.15) is 0 Å². The van der Waals surface area contributed by atoms with Crippen LogP contribution in [0.3, 0.4) is 0 Å². The topological polar surface area (TPSA) is 21.3 Å². The first kappa shape index (κ1) is 10.0. The normalized spacial score (nSPS) is 31.0. The third kappa shape index (κ3) is 2.76. The molecule has 0 amide bonds. The van der Waals surface area contributed by atoms with Crippen LogP contribution in [-0.2, 0) is 4.74 Å². The number of methoxy groups -OCH3 is 1. The first-order chi connectivity index (χ1) is 5.74. The molecule has 1 saturated heterocycles. The monoisotopic (exact) mass is 171 g/mol. The van der Waals surface area contributed by atoms with Crippen LogP contribution < -0.4 is 5.32 Å². The van der Waals surface area contributed by atoms with Gasteiger partial charge in [-0.2, -0.15) is 0 Å². The Kier molecular flexibility index (Phi) is 4.02. The molecule has 1 aliphatic heterocycles. The van der Waals surface area contributed by atoms with Gasteiger partial charge in [-0.05, 0) is 31.2 Å². The van der Waals surface area contributed by atoms with Gasteiger partial charge in [0, 0.05) is 13.7 Å². The molecule has 0 aromatic carbocycles. The summed E-state index contributed by atoms with van der Waals surface area (Å²) in [6.07, 6.45) is 2.95. The fraction of sp³-hybridized carbons (Fsp3) is 1.00. The Hall–Kier alpha value is -0.0800. The quantitative estimate of drug-likeness (QED) is 0.697. The fourth-order valence-corrected chi connectivity index (χ4v) is 2.05. The van der Waals surface area contributed by atoms with Crippen LogP contribution in [0.2, 0.25) is 0 Å². The van der Waals surface area contributed by atoms with E-state index in [0.717, 1.165) is 24.9 Å². The predicted octanol–water partition coefficient (Wildman–Crippen LogP) is 1.66. The lowest BCUT2D eigenvalue weighted by Crippen LogP contribution is -2.41. The average Bonchev–Trinajstić information content (AvgIpc) is 2.04. The molecule has 72 valence electrons. The zero-order valence-electron chi connectivity index (χ0n) is 8.47. The summed E-state index contributed by atoms with van der Waals surface area (Å²) in [5, 5.41) is 3.42. The van der Waals surface area contributed by atoms with E-state index in [1.807, 2.05) is 7.11 Å². The van der Waals surface area contributed by atoms with E-state index in [2.05, 4.69) is 19.2 Å². The first-order valence-electron chi connectivity index (χ1n) is 4.97. The largest absolute Gasteiger partial charge is 0.381 e. The molecular weight excluding hydrogens is 150 g/mol. The summed E-state index contributed by atoms with van der Waals surface area (Å²) >= 11 is 0. The van der Waals surface area contributed by atoms with E-state index >= 15 is 0 Å². The second-order valence-electron chi connectivity index (χ2n) is 4.16. The molecule has 0 aliphatic carbocycles. The molecule has 1 N–H and O–H groups in total. The van der Waals surface area contributed by atoms with Crippen LogP contribution in [0.15, 0.2) is 0 Å². The number of hydrogen-bond donors (Lipinski definition) is 1. The summed E-state index contributed by atoms with van der Waals surface area (Å²) in [5.74, 6) is 1.51. The van der Waals surface area contributed by atoms with Crippen LogP contribution >= 0.6 is 0 Å². The Morgan fingerprint density at radius 1 is 1.50 bits per heavy atom. The van der Waals surface area contributed by atoms with Crippen molar-refractivity contribution in [3.8, 4) is 0 Å². The van der Waals surface area contributed by atoms with Crippen LogP contribution in [0.25, 0.3) is 0 Å². The van der Waals surface area contributed by atoms with E-state index in [1.54, 1.807) is 0 Å².